The van der Waals surface area contributed by atoms with Crippen LogP contribution in [-0.4, -0.2) is 52.0 Å². The lowest BCUT2D eigenvalue weighted by Crippen LogP contribution is -2.36. The Morgan fingerprint density at radius 3 is 2.54 bits per heavy atom. The number of aliphatic hydroxyl groups is 1. The van der Waals surface area contributed by atoms with E-state index >= 15 is 0 Å². The molecule has 2 N–H and O–H groups in total. The van der Waals surface area contributed by atoms with Crippen molar-refractivity contribution in [3.8, 4) is 0 Å². The van der Waals surface area contributed by atoms with E-state index in [-0.39, 0.29) is 6.10 Å². The normalized spacial score (nSPS) is 17.0. The molecule has 2 aromatic heterocycles. The van der Waals surface area contributed by atoms with Gasteiger partial charge in [-0.15, -0.1) is 11.3 Å². The average Bonchev–Trinajstić information content (AvgIpc) is 3.31. The van der Waals surface area contributed by atoms with Crippen LogP contribution >= 0.6 is 11.3 Å². The second kappa shape index (κ2) is 10.0. The van der Waals surface area contributed by atoms with Crippen molar-refractivity contribution >= 4 is 17.3 Å². The number of hydrogen-bond acceptors (Lipinski definition) is 6. The molecule has 0 radical (unpaired) electrons. The number of rotatable bonds is 5. The Labute approximate surface area is 164 Å². The fourth-order valence-corrected chi connectivity index (χ4v) is 3.79. The number of carboxylic acids is 1. The van der Waals surface area contributed by atoms with Crippen molar-refractivity contribution in [2.45, 2.75) is 38.5 Å². The maximum absolute atomic E-state index is 10.6. The van der Waals surface area contributed by atoms with Crippen LogP contribution in [0.3, 0.4) is 0 Å². The molecule has 1 atom stereocenters. The molecule has 0 saturated carbocycles. The van der Waals surface area contributed by atoms with Gasteiger partial charge in [-0.2, -0.15) is 13.2 Å². The first-order valence-electron chi connectivity index (χ1n) is 8.83. The van der Waals surface area contributed by atoms with Crippen molar-refractivity contribution in [1.29, 1.82) is 0 Å². The Morgan fingerprint density at radius 2 is 2.07 bits per heavy atom. The summed E-state index contributed by atoms with van der Waals surface area (Å²) in [5.41, 5.74) is 0.947. The first-order chi connectivity index (χ1) is 13.2. The topological polar surface area (TPSA) is 86.8 Å². The van der Waals surface area contributed by atoms with Gasteiger partial charge in [0.15, 0.2) is 0 Å². The summed E-state index contributed by atoms with van der Waals surface area (Å²) in [5.74, 6) is -1.40. The summed E-state index contributed by atoms with van der Waals surface area (Å²) in [6.07, 6.45) is -2.33. The fraction of sp³-hybridized carbons (Fsp3) is 0.556. The third-order valence-corrected chi connectivity index (χ3v) is 5.45. The largest absolute Gasteiger partial charge is 0.490 e. The van der Waals surface area contributed by atoms with Crippen LogP contribution in [0.1, 0.15) is 35.3 Å². The highest BCUT2D eigenvalue weighted by molar-refractivity contribution is 7.10. The van der Waals surface area contributed by atoms with Gasteiger partial charge < -0.3 is 19.6 Å². The highest BCUT2D eigenvalue weighted by Crippen LogP contribution is 2.32. The van der Waals surface area contributed by atoms with Crippen molar-refractivity contribution in [1.82, 2.24) is 10.1 Å². The van der Waals surface area contributed by atoms with Crippen LogP contribution in [0, 0.1) is 12.8 Å². The van der Waals surface area contributed by atoms with Gasteiger partial charge >= 0.3 is 12.1 Å². The molecule has 0 aliphatic carbocycles. The number of nitrogens with zero attached hydrogens (tertiary/aromatic N) is 2. The number of carboxylic acid groups (broad SMARTS) is 1. The van der Waals surface area contributed by atoms with E-state index in [9.17, 15) is 18.3 Å². The van der Waals surface area contributed by atoms with E-state index in [4.69, 9.17) is 14.4 Å². The second-order valence-electron chi connectivity index (χ2n) is 6.63. The first-order valence-corrected chi connectivity index (χ1v) is 9.71. The van der Waals surface area contributed by atoms with Crippen LogP contribution < -0.4 is 0 Å². The quantitative estimate of drug-likeness (QED) is 0.768. The third-order valence-electron chi connectivity index (χ3n) is 4.51. The lowest BCUT2D eigenvalue weighted by Gasteiger charge is -2.33. The highest BCUT2D eigenvalue weighted by atomic mass is 32.1. The standard InChI is InChI=1S/C16H22N2O2S.C2HF3O2/c1-12-11-14(20-17-12)6-9-18-7-4-13(5-8-18)16(19)15-3-2-10-21-15;3-2(4,5)1(6)7/h2-3,10-11,13,16,19H,4-9H2,1H3;(H,6,7). The van der Waals surface area contributed by atoms with E-state index in [1.807, 2.05) is 30.5 Å². The molecule has 10 heteroatoms. The number of aryl methyl sites for hydroxylation is 1. The summed E-state index contributed by atoms with van der Waals surface area (Å²) in [7, 11) is 0. The Morgan fingerprint density at radius 1 is 1.43 bits per heavy atom. The maximum Gasteiger partial charge on any atom is 0.490 e. The van der Waals surface area contributed by atoms with Gasteiger partial charge in [-0.05, 0) is 50.2 Å². The average molecular weight is 420 g/mol. The number of aliphatic hydroxyl groups excluding tert-OH is 1. The highest BCUT2D eigenvalue weighted by Gasteiger charge is 2.38. The zero-order valence-electron chi connectivity index (χ0n) is 15.4. The van der Waals surface area contributed by atoms with Gasteiger partial charge in [0.25, 0.3) is 0 Å². The molecule has 3 heterocycles. The predicted octanol–water partition coefficient (Wildman–Crippen LogP) is 3.67. The molecule has 0 spiro atoms. The van der Waals surface area contributed by atoms with Gasteiger partial charge in [-0.1, -0.05) is 11.2 Å². The van der Waals surface area contributed by atoms with Crippen molar-refractivity contribution in [2.75, 3.05) is 19.6 Å². The lowest BCUT2D eigenvalue weighted by atomic mass is 9.90. The van der Waals surface area contributed by atoms with E-state index in [0.29, 0.717) is 5.92 Å². The minimum absolute atomic E-state index is 0.288. The van der Waals surface area contributed by atoms with Crippen LogP contribution in [0.5, 0.6) is 0 Å². The number of halogens is 3. The Bertz CT molecular complexity index is 726. The monoisotopic (exact) mass is 420 g/mol. The molecule has 1 aliphatic heterocycles. The van der Waals surface area contributed by atoms with Gasteiger partial charge in [0.05, 0.1) is 11.8 Å². The molecule has 0 bridgehead atoms. The Kier molecular flexibility index (Phi) is 8.02. The Hall–Kier alpha value is -1.91. The van der Waals surface area contributed by atoms with Crippen molar-refractivity contribution in [3.63, 3.8) is 0 Å². The zero-order valence-corrected chi connectivity index (χ0v) is 16.2. The second-order valence-corrected chi connectivity index (χ2v) is 7.61. The van der Waals surface area contributed by atoms with E-state index in [0.717, 1.165) is 55.2 Å². The molecule has 6 nitrogen and oxygen atoms in total. The molecule has 156 valence electrons. The minimum Gasteiger partial charge on any atom is -0.475 e. The molecule has 1 saturated heterocycles. The number of aliphatic carboxylic acids is 1. The number of alkyl halides is 3. The van der Waals surface area contributed by atoms with Crippen LogP contribution in [-0.2, 0) is 11.2 Å². The molecule has 1 fully saturated rings. The van der Waals surface area contributed by atoms with E-state index in [1.54, 1.807) is 11.3 Å². The summed E-state index contributed by atoms with van der Waals surface area (Å²) in [6, 6.07) is 6.05. The van der Waals surface area contributed by atoms with E-state index in [1.165, 1.54) is 0 Å². The van der Waals surface area contributed by atoms with Gasteiger partial charge in [-0.3, -0.25) is 0 Å². The smallest absolute Gasteiger partial charge is 0.475 e. The summed E-state index contributed by atoms with van der Waals surface area (Å²) in [5, 5.41) is 23.5. The number of hydrogen-bond donors (Lipinski definition) is 2. The maximum atomic E-state index is 10.6. The number of carbonyl (C=O) groups is 1. The van der Waals surface area contributed by atoms with Gasteiger partial charge in [0, 0.05) is 23.9 Å². The number of likely N-dealkylation sites (tertiary alicyclic amines) is 1. The van der Waals surface area contributed by atoms with Crippen LogP contribution in [0.2, 0.25) is 0 Å². The molecule has 1 unspecified atom stereocenters. The first kappa shape index (κ1) is 22.4. The summed E-state index contributed by atoms with van der Waals surface area (Å²) < 4.78 is 37.0. The molecule has 3 rings (SSSR count). The van der Waals surface area contributed by atoms with Crippen molar-refractivity contribution < 1.29 is 32.7 Å². The van der Waals surface area contributed by atoms with Gasteiger partial charge in [-0.25, -0.2) is 4.79 Å². The minimum atomic E-state index is -5.08. The lowest BCUT2D eigenvalue weighted by molar-refractivity contribution is -0.192. The van der Waals surface area contributed by atoms with Crippen LogP contribution in [0.4, 0.5) is 13.2 Å². The molecule has 28 heavy (non-hydrogen) atoms. The number of aromatic nitrogens is 1. The fourth-order valence-electron chi connectivity index (χ4n) is 2.99. The SMILES string of the molecule is Cc1cc(CCN2CCC(C(O)c3cccs3)CC2)on1.O=C(O)C(F)(F)F. The van der Waals surface area contributed by atoms with Crippen molar-refractivity contribution in [2.24, 2.45) is 5.92 Å². The predicted molar refractivity (Wildman–Crippen MR) is 97.1 cm³/mol. The Balaban J connectivity index is 0.000000345. The zero-order chi connectivity index (χ0) is 20.7. The van der Waals surface area contributed by atoms with Crippen LogP contribution in [0.15, 0.2) is 28.1 Å². The van der Waals surface area contributed by atoms with Crippen LogP contribution in [0.25, 0.3) is 0 Å². The van der Waals surface area contributed by atoms with Crippen molar-refractivity contribution in [3.05, 3.63) is 39.9 Å². The molecule has 1 aliphatic rings. The third kappa shape index (κ3) is 6.92. The summed E-state index contributed by atoms with van der Waals surface area (Å²) >= 11 is 1.65. The molecular formula is C18H23F3N2O4S. The molecule has 2 aromatic rings. The number of thiophene rings is 1. The summed E-state index contributed by atoms with van der Waals surface area (Å²) in [4.78, 5) is 12.5. The number of piperidine rings is 1. The van der Waals surface area contributed by atoms with E-state index in [2.05, 4.69) is 10.1 Å². The summed E-state index contributed by atoms with van der Waals surface area (Å²) in [6.45, 7) is 5.07. The molecule has 0 aromatic carbocycles. The van der Waals surface area contributed by atoms with E-state index < -0.39 is 12.1 Å². The van der Waals surface area contributed by atoms with Gasteiger partial charge in [0.2, 0.25) is 0 Å². The van der Waals surface area contributed by atoms with Gasteiger partial charge in [0.1, 0.15) is 5.76 Å². The molecular weight excluding hydrogens is 397 g/mol. The molecule has 0 amide bonds.